The molecule has 0 saturated heterocycles. The average Bonchev–Trinajstić information content (AvgIpc) is 2.60. The first-order chi connectivity index (χ1) is 11.6. The first-order valence-electron chi connectivity index (χ1n) is 8.02. The molecule has 0 aliphatic carbocycles. The van der Waals surface area contributed by atoms with Crippen molar-refractivity contribution in [1.29, 1.82) is 5.26 Å². The number of hydrogen-bond acceptors (Lipinski definition) is 3. The first-order valence-corrected chi connectivity index (χ1v) is 8.02. The van der Waals surface area contributed by atoms with E-state index in [0.29, 0.717) is 18.7 Å². The van der Waals surface area contributed by atoms with Gasteiger partial charge in [-0.25, -0.2) is 0 Å². The lowest BCUT2D eigenvalue weighted by molar-refractivity contribution is -0.135. The summed E-state index contributed by atoms with van der Waals surface area (Å²) in [6, 6.07) is 19.4. The molecule has 1 amide bonds. The zero-order chi connectivity index (χ0) is 17.4. The topological polar surface area (TPSA) is 53.3 Å². The summed E-state index contributed by atoms with van der Waals surface area (Å²) in [7, 11) is 0. The van der Waals surface area contributed by atoms with Crippen LogP contribution in [0.2, 0.25) is 0 Å². The highest BCUT2D eigenvalue weighted by molar-refractivity contribution is 5.78. The standard InChI is InChI=1S/C20H22N2O2/c1-16(2)22(14-18-6-4-3-5-7-18)20(23)15-24-19-10-8-17(9-11-19)12-13-21/h3-11,16H,12,14-15H2,1-2H3. The maximum absolute atomic E-state index is 12.5. The van der Waals surface area contributed by atoms with E-state index in [1.54, 1.807) is 17.0 Å². The molecule has 4 nitrogen and oxygen atoms in total. The molecular weight excluding hydrogens is 300 g/mol. The minimum atomic E-state index is -0.0463. The minimum absolute atomic E-state index is 0.00259. The van der Waals surface area contributed by atoms with Crippen molar-refractivity contribution in [2.75, 3.05) is 6.61 Å². The van der Waals surface area contributed by atoms with Gasteiger partial charge in [0, 0.05) is 12.6 Å². The molecule has 0 bridgehead atoms. The van der Waals surface area contributed by atoms with Crippen LogP contribution in [0.5, 0.6) is 5.75 Å². The number of ether oxygens (including phenoxy) is 1. The number of nitrogens with zero attached hydrogens (tertiary/aromatic N) is 2. The van der Waals surface area contributed by atoms with E-state index in [0.717, 1.165) is 11.1 Å². The third-order valence-corrected chi connectivity index (χ3v) is 3.71. The summed E-state index contributed by atoms with van der Waals surface area (Å²) in [5.74, 6) is 0.586. The number of carbonyl (C=O) groups is 1. The number of carbonyl (C=O) groups excluding carboxylic acids is 1. The molecule has 0 unspecified atom stereocenters. The van der Waals surface area contributed by atoms with E-state index in [4.69, 9.17) is 10.00 Å². The quantitative estimate of drug-likeness (QED) is 0.783. The van der Waals surface area contributed by atoms with Gasteiger partial charge in [0.1, 0.15) is 5.75 Å². The van der Waals surface area contributed by atoms with Crippen molar-refractivity contribution in [3.63, 3.8) is 0 Å². The lowest BCUT2D eigenvalue weighted by Gasteiger charge is -2.27. The molecule has 2 rings (SSSR count). The second-order valence-electron chi connectivity index (χ2n) is 5.87. The molecular formula is C20H22N2O2. The van der Waals surface area contributed by atoms with Gasteiger partial charge < -0.3 is 9.64 Å². The van der Waals surface area contributed by atoms with Gasteiger partial charge >= 0.3 is 0 Å². The fraction of sp³-hybridized carbons (Fsp3) is 0.300. The molecule has 0 heterocycles. The van der Waals surface area contributed by atoms with E-state index in [2.05, 4.69) is 6.07 Å². The maximum atomic E-state index is 12.5. The summed E-state index contributed by atoms with van der Waals surface area (Å²) in [4.78, 5) is 14.3. The first kappa shape index (κ1) is 17.6. The normalized spacial score (nSPS) is 10.2. The number of amides is 1. The molecule has 4 heteroatoms. The van der Waals surface area contributed by atoms with Crippen LogP contribution in [0.25, 0.3) is 0 Å². The van der Waals surface area contributed by atoms with Gasteiger partial charge in [-0.3, -0.25) is 4.79 Å². The Morgan fingerprint density at radius 2 is 1.75 bits per heavy atom. The summed E-state index contributed by atoms with van der Waals surface area (Å²) >= 11 is 0. The number of rotatable bonds is 7. The van der Waals surface area contributed by atoms with Crippen LogP contribution < -0.4 is 4.74 Å². The Bertz CT molecular complexity index is 688. The van der Waals surface area contributed by atoms with E-state index in [1.165, 1.54) is 0 Å². The smallest absolute Gasteiger partial charge is 0.261 e. The fourth-order valence-corrected chi connectivity index (χ4v) is 2.36. The molecule has 0 saturated carbocycles. The lowest BCUT2D eigenvalue weighted by atomic mass is 10.2. The van der Waals surface area contributed by atoms with Gasteiger partial charge in [0.05, 0.1) is 12.5 Å². The summed E-state index contributed by atoms with van der Waals surface area (Å²) < 4.78 is 5.60. The Morgan fingerprint density at radius 3 is 2.33 bits per heavy atom. The number of hydrogen-bond donors (Lipinski definition) is 0. The molecule has 0 aliphatic heterocycles. The molecule has 0 N–H and O–H groups in total. The van der Waals surface area contributed by atoms with Gasteiger partial charge in [-0.05, 0) is 37.1 Å². The second-order valence-corrected chi connectivity index (χ2v) is 5.87. The van der Waals surface area contributed by atoms with Crippen LogP contribution >= 0.6 is 0 Å². The molecule has 24 heavy (non-hydrogen) atoms. The van der Waals surface area contributed by atoms with E-state index in [9.17, 15) is 4.79 Å². The van der Waals surface area contributed by atoms with Crippen molar-refractivity contribution < 1.29 is 9.53 Å². The highest BCUT2D eigenvalue weighted by Crippen LogP contribution is 2.14. The second kappa shape index (κ2) is 8.73. The molecule has 0 spiro atoms. The summed E-state index contributed by atoms with van der Waals surface area (Å²) in [6.45, 7) is 4.57. The van der Waals surface area contributed by atoms with Crippen LogP contribution in [0.15, 0.2) is 54.6 Å². The van der Waals surface area contributed by atoms with Crippen molar-refractivity contribution >= 4 is 5.91 Å². The lowest BCUT2D eigenvalue weighted by Crippen LogP contribution is -2.39. The van der Waals surface area contributed by atoms with Crippen LogP contribution in [0, 0.1) is 11.3 Å². The highest BCUT2D eigenvalue weighted by atomic mass is 16.5. The highest BCUT2D eigenvalue weighted by Gasteiger charge is 2.17. The van der Waals surface area contributed by atoms with Crippen LogP contribution in [0.4, 0.5) is 0 Å². The number of benzene rings is 2. The zero-order valence-corrected chi connectivity index (χ0v) is 14.1. The molecule has 2 aromatic rings. The van der Waals surface area contributed by atoms with Crippen molar-refractivity contribution in [3.05, 3.63) is 65.7 Å². The van der Waals surface area contributed by atoms with Crippen LogP contribution in [-0.2, 0) is 17.8 Å². The number of nitriles is 1. The Hall–Kier alpha value is -2.80. The van der Waals surface area contributed by atoms with Crippen molar-refractivity contribution in [2.45, 2.75) is 32.9 Å². The van der Waals surface area contributed by atoms with E-state index < -0.39 is 0 Å². The van der Waals surface area contributed by atoms with Gasteiger partial charge in [-0.15, -0.1) is 0 Å². The Kier molecular flexibility index (Phi) is 6.39. The molecule has 0 radical (unpaired) electrons. The van der Waals surface area contributed by atoms with Gasteiger partial charge in [0.15, 0.2) is 6.61 Å². The monoisotopic (exact) mass is 322 g/mol. The predicted molar refractivity (Wildman–Crippen MR) is 93.4 cm³/mol. The molecule has 0 aliphatic rings. The van der Waals surface area contributed by atoms with Crippen molar-refractivity contribution in [2.24, 2.45) is 0 Å². The molecule has 0 atom stereocenters. The van der Waals surface area contributed by atoms with Crippen LogP contribution in [-0.4, -0.2) is 23.5 Å². The summed E-state index contributed by atoms with van der Waals surface area (Å²) in [5, 5.41) is 8.67. The van der Waals surface area contributed by atoms with Gasteiger partial charge in [0.2, 0.25) is 0 Å². The average molecular weight is 322 g/mol. The molecule has 0 fully saturated rings. The zero-order valence-electron chi connectivity index (χ0n) is 14.1. The van der Waals surface area contributed by atoms with Crippen molar-refractivity contribution in [3.8, 4) is 11.8 Å². The molecule has 124 valence electrons. The van der Waals surface area contributed by atoms with Gasteiger partial charge in [0.25, 0.3) is 5.91 Å². The Balaban J connectivity index is 1.94. The summed E-state index contributed by atoms with van der Waals surface area (Å²) in [5.41, 5.74) is 2.03. The van der Waals surface area contributed by atoms with E-state index in [-0.39, 0.29) is 18.6 Å². The predicted octanol–water partition coefficient (Wildman–Crippen LogP) is 3.57. The molecule has 2 aromatic carbocycles. The largest absolute Gasteiger partial charge is 0.484 e. The van der Waals surface area contributed by atoms with Crippen LogP contribution in [0.1, 0.15) is 25.0 Å². The third kappa shape index (κ3) is 5.13. The summed E-state index contributed by atoms with van der Waals surface area (Å²) in [6.07, 6.45) is 0.372. The maximum Gasteiger partial charge on any atom is 0.261 e. The van der Waals surface area contributed by atoms with Gasteiger partial charge in [-0.1, -0.05) is 42.5 Å². The van der Waals surface area contributed by atoms with E-state index in [1.807, 2.05) is 56.3 Å². The fourth-order valence-electron chi connectivity index (χ4n) is 2.36. The van der Waals surface area contributed by atoms with Gasteiger partial charge in [-0.2, -0.15) is 5.26 Å². The Morgan fingerprint density at radius 1 is 1.08 bits per heavy atom. The van der Waals surface area contributed by atoms with Crippen LogP contribution in [0.3, 0.4) is 0 Å². The molecule has 0 aromatic heterocycles. The Labute approximate surface area is 143 Å². The SMILES string of the molecule is CC(C)N(Cc1ccccc1)C(=O)COc1ccc(CC#N)cc1. The minimum Gasteiger partial charge on any atom is -0.484 e. The third-order valence-electron chi connectivity index (χ3n) is 3.71. The van der Waals surface area contributed by atoms with Crippen molar-refractivity contribution in [1.82, 2.24) is 4.90 Å². The van der Waals surface area contributed by atoms with E-state index >= 15 is 0 Å².